The molecule has 0 spiro atoms. The molecule has 2 aromatic rings. The Morgan fingerprint density at radius 2 is 1.13 bits per heavy atom. The molecule has 1 N–H and O–H groups in total. The number of aliphatic imine (C=N–C) groups is 2. The molecule has 0 aromatic heterocycles. The van der Waals surface area contributed by atoms with E-state index in [9.17, 15) is 20.4 Å². The monoisotopic (exact) mass is 509 g/mol. The summed E-state index contributed by atoms with van der Waals surface area (Å²) in [5, 5.41) is 50.7. The summed E-state index contributed by atoms with van der Waals surface area (Å²) in [4.78, 5) is 7.90. The first kappa shape index (κ1) is 31.5. The maximum Gasteiger partial charge on any atom is 0.0412 e. The number of hydrogen-bond donors (Lipinski definition) is 1. The van der Waals surface area contributed by atoms with Crippen molar-refractivity contribution >= 4 is 35.6 Å². The molecule has 1 radical (unpaired) electrons. The Morgan fingerprint density at radius 1 is 0.774 bits per heavy atom. The van der Waals surface area contributed by atoms with Crippen molar-refractivity contribution in [1.29, 1.82) is 0 Å². The Kier molecular flexibility index (Phi) is 20.6. The molecule has 0 fully saturated rings. The zero-order valence-corrected chi connectivity index (χ0v) is 19.7. The van der Waals surface area contributed by atoms with Crippen molar-refractivity contribution < 1.29 is 42.6 Å². The smallest absolute Gasteiger partial charge is 0.0412 e. The fourth-order valence-electron chi connectivity index (χ4n) is 1.88. The van der Waals surface area contributed by atoms with Gasteiger partial charge in [-0.05, 0) is 48.2 Å². The topological polar surface area (TPSA) is 137 Å². The molecule has 0 unspecified atom stereocenters. The van der Waals surface area contributed by atoms with Gasteiger partial charge in [-0.25, -0.2) is 0 Å². The Labute approximate surface area is 203 Å². The molecule has 2 aromatic carbocycles. The summed E-state index contributed by atoms with van der Waals surface area (Å²) < 4.78 is 0. The molecule has 0 aliphatic heterocycles. The molecule has 0 atom stereocenters. The molecule has 0 heterocycles. The van der Waals surface area contributed by atoms with Crippen LogP contribution < -0.4 is 20.4 Å². The van der Waals surface area contributed by atoms with E-state index in [2.05, 4.69) is 9.98 Å². The van der Waals surface area contributed by atoms with Crippen LogP contribution in [-0.2, 0) is 17.1 Å². The molecule has 0 aliphatic rings. The van der Waals surface area contributed by atoms with Gasteiger partial charge in [0.1, 0.15) is 0 Å². The molecule has 2 rings (SSSR count). The molecular formula is C21H24Cl2MnN2O5-4. The van der Waals surface area contributed by atoms with Crippen molar-refractivity contribution in [2.75, 3.05) is 33.4 Å². The van der Waals surface area contributed by atoms with Crippen LogP contribution in [0.2, 0.25) is 10.0 Å². The van der Waals surface area contributed by atoms with Crippen LogP contribution in [0.4, 0.5) is 0 Å². The van der Waals surface area contributed by atoms with E-state index >= 15 is 0 Å². The van der Waals surface area contributed by atoms with Crippen molar-refractivity contribution in [1.82, 2.24) is 0 Å². The van der Waals surface area contributed by atoms with Crippen molar-refractivity contribution in [2.24, 2.45) is 9.98 Å². The molecule has 0 saturated heterocycles. The molecular weight excluding hydrogens is 486 g/mol. The predicted octanol–water partition coefficient (Wildman–Crippen LogP) is 0.772. The number of rotatable bonds is 8. The maximum absolute atomic E-state index is 11.2. The average Bonchev–Trinajstić information content (AvgIpc) is 2.75. The van der Waals surface area contributed by atoms with Gasteiger partial charge in [0.25, 0.3) is 0 Å². The van der Waals surface area contributed by atoms with E-state index in [1.807, 2.05) is 0 Å². The first-order chi connectivity index (χ1) is 14.5. The van der Waals surface area contributed by atoms with Gasteiger partial charge in [-0.15, -0.1) is 13.2 Å². The van der Waals surface area contributed by atoms with Gasteiger partial charge in [0, 0.05) is 59.7 Å². The van der Waals surface area contributed by atoms with Crippen LogP contribution in [0.1, 0.15) is 24.0 Å². The first-order valence-corrected chi connectivity index (χ1v) is 9.77. The quantitative estimate of drug-likeness (QED) is 0.318. The van der Waals surface area contributed by atoms with Gasteiger partial charge in [-0.1, -0.05) is 46.8 Å². The minimum absolute atomic E-state index is 0. The molecule has 10 heteroatoms. The predicted molar refractivity (Wildman–Crippen MR) is 114 cm³/mol. The SMILES string of the molecule is CO.[Mn].[O-]CCCN=Cc1cc(Cl)ccc1[O-].[O-]CCCN=Cc1cc(Cl)ccc1[O-]. The Hall–Kier alpha value is -1.64. The van der Waals surface area contributed by atoms with Gasteiger partial charge >= 0.3 is 0 Å². The fourth-order valence-corrected chi connectivity index (χ4v) is 2.24. The summed E-state index contributed by atoms with van der Waals surface area (Å²) in [6.07, 6.45) is 3.91. The van der Waals surface area contributed by atoms with Crippen LogP contribution in [0.15, 0.2) is 46.4 Å². The number of benzene rings is 2. The number of nitrogens with zero attached hydrogens (tertiary/aromatic N) is 2. The summed E-state index contributed by atoms with van der Waals surface area (Å²) in [5.41, 5.74) is 0.923. The zero-order valence-electron chi connectivity index (χ0n) is 17.0. The van der Waals surface area contributed by atoms with Crippen molar-refractivity contribution in [2.45, 2.75) is 12.8 Å². The Bertz CT molecular complexity index is 727. The van der Waals surface area contributed by atoms with Crippen molar-refractivity contribution in [3.05, 3.63) is 57.6 Å². The minimum atomic E-state index is -0.142. The van der Waals surface area contributed by atoms with E-state index in [1.165, 1.54) is 24.6 Å². The number of aliphatic hydroxyl groups excluding tert-OH is 1. The van der Waals surface area contributed by atoms with Gasteiger partial charge in [-0.3, -0.25) is 9.98 Å². The van der Waals surface area contributed by atoms with Crippen molar-refractivity contribution in [3.63, 3.8) is 0 Å². The van der Waals surface area contributed by atoms with Gasteiger partial charge in [0.2, 0.25) is 0 Å². The second-order valence-corrected chi connectivity index (χ2v) is 6.42. The maximum atomic E-state index is 11.2. The molecule has 173 valence electrons. The minimum Gasteiger partial charge on any atom is -0.872 e. The molecule has 0 bridgehead atoms. The van der Waals surface area contributed by atoms with Crippen LogP contribution >= 0.6 is 23.2 Å². The summed E-state index contributed by atoms with van der Waals surface area (Å²) in [6, 6.07) is 9.00. The van der Waals surface area contributed by atoms with Gasteiger partial charge < -0.3 is 25.5 Å². The van der Waals surface area contributed by atoms with E-state index < -0.39 is 0 Å². The summed E-state index contributed by atoms with van der Waals surface area (Å²) >= 11 is 11.4. The summed E-state index contributed by atoms with van der Waals surface area (Å²) in [5.74, 6) is -0.222. The van der Waals surface area contributed by atoms with Crippen molar-refractivity contribution in [3.8, 4) is 11.5 Å². The third-order valence-corrected chi connectivity index (χ3v) is 3.74. The van der Waals surface area contributed by atoms with Crippen LogP contribution in [0.5, 0.6) is 11.5 Å². The zero-order chi connectivity index (χ0) is 22.8. The molecule has 31 heavy (non-hydrogen) atoms. The van der Waals surface area contributed by atoms with Crippen LogP contribution in [-0.4, -0.2) is 50.9 Å². The van der Waals surface area contributed by atoms with E-state index in [1.54, 1.807) is 24.3 Å². The number of hydrogen-bond acceptors (Lipinski definition) is 7. The van der Waals surface area contributed by atoms with Gasteiger partial charge in [-0.2, -0.15) is 0 Å². The van der Waals surface area contributed by atoms with Crippen LogP contribution in [0.25, 0.3) is 0 Å². The van der Waals surface area contributed by atoms with Gasteiger partial charge in [0.05, 0.1) is 0 Å². The third kappa shape index (κ3) is 14.9. The van der Waals surface area contributed by atoms with Gasteiger partial charge in [0.15, 0.2) is 0 Å². The molecule has 7 nitrogen and oxygen atoms in total. The third-order valence-electron chi connectivity index (χ3n) is 3.27. The number of aliphatic hydroxyl groups is 1. The van der Waals surface area contributed by atoms with E-state index in [-0.39, 0.29) is 41.8 Å². The second-order valence-electron chi connectivity index (χ2n) is 5.55. The molecule has 0 saturated carbocycles. The first-order valence-electron chi connectivity index (χ1n) is 9.01. The summed E-state index contributed by atoms with van der Waals surface area (Å²) in [7, 11) is 1.00. The van der Waals surface area contributed by atoms with Crippen LogP contribution in [0.3, 0.4) is 0 Å². The van der Waals surface area contributed by atoms with E-state index in [4.69, 9.17) is 28.3 Å². The molecule has 0 amide bonds. The van der Waals surface area contributed by atoms with Crippen LogP contribution in [0, 0.1) is 0 Å². The van der Waals surface area contributed by atoms with E-state index in [0.717, 1.165) is 7.11 Å². The fraction of sp³-hybridized carbons (Fsp3) is 0.333. The standard InChI is InChI=1S/2C10H11ClNO2.CH4O.Mn/c2*11-9-2-3-10(14)8(6-9)7-12-4-1-5-13;1-2;/h2*2-3,6-7,14H,1,4-5H2;2H,1H3;/q2*-1;;/p-2. The Balaban J connectivity index is 0. The summed E-state index contributed by atoms with van der Waals surface area (Å²) in [6.45, 7) is 0.624. The second kappa shape index (κ2) is 20.3. The average molecular weight is 510 g/mol. The van der Waals surface area contributed by atoms with E-state index in [0.29, 0.717) is 47.1 Å². The molecule has 0 aliphatic carbocycles. The number of halogens is 2. The largest absolute Gasteiger partial charge is 0.872 e. The Morgan fingerprint density at radius 3 is 1.45 bits per heavy atom. The normalized spacial score (nSPS) is 10.1.